The summed E-state index contributed by atoms with van der Waals surface area (Å²) in [5.41, 5.74) is 0.294. The number of hydrogen-bond donors (Lipinski definition) is 3. The van der Waals surface area contributed by atoms with Crippen LogP contribution in [0.25, 0.3) is 0 Å². The first-order valence-corrected chi connectivity index (χ1v) is 8.89. The monoisotopic (exact) mass is 321 g/mol. The summed E-state index contributed by atoms with van der Waals surface area (Å²) in [5.74, 6) is 0.388. The lowest BCUT2D eigenvalue weighted by Crippen LogP contribution is -2.34. The van der Waals surface area contributed by atoms with Gasteiger partial charge in [0.2, 0.25) is 5.91 Å². The molecule has 0 radical (unpaired) electrons. The average Bonchev–Trinajstić information content (AvgIpc) is 2.99. The molecule has 1 aliphatic heterocycles. The Bertz CT molecular complexity index is 524. The second-order valence-corrected chi connectivity index (χ2v) is 7.19. The Morgan fingerprint density at radius 3 is 2.77 bits per heavy atom. The van der Waals surface area contributed by atoms with Crippen molar-refractivity contribution in [2.24, 2.45) is 11.3 Å². The highest BCUT2D eigenvalue weighted by Crippen LogP contribution is 2.58. The van der Waals surface area contributed by atoms with E-state index in [9.17, 15) is 9.59 Å². The zero-order valence-corrected chi connectivity index (χ0v) is 13.5. The smallest absolute Gasteiger partial charge is 0.261 e. The highest BCUT2D eigenvalue weighted by atomic mass is 32.1. The summed E-state index contributed by atoms with van der Waals surface area (Å²) in [7, 11) is 0. The van der Waals surface area contributed by atoms with E-state index in [0.717, 1.165) is 43.6 Å². The second-order valence-electron chi connectivity index (χ2n) is 6.25. The normalized spacial score (nSPS) is 22.3. The van der Waals surface area contributed by atoms with E-state index in [-0.39, 0.29) is 17.7 Å². The van der Waals surface area contributed by atoms with E-state index < -0.39 is 0 Å². The SMILES string of the molecule is O=C(NCCCNC(=O)C1CC12CCNCC2)c1cccs1. The van der Waals surface area contributed by atoms with Crippen LogP contribution >= 0.6 is 11.3 Å². The molecule has 1 aromatic rings. The molecule has 1 aliphatic carbocycles. The van der Waals surface area contributed by atoms with Gasteiger partial charge in [0.15, 0.2) is 0 Å². The largest absolute Gasteiger partial charge is 0.356 e. The van der Waals surface area contributed by atoms with Crippen molar-refractivity contribution < 1.29 is 9.59 Å². The third-order valence-corrected chi connectivity index (χ3v) is 5.66. The zero-order valence-electron chi connectivity index (χ0n) is 12.7. The van der Waals surface area contributed by atoms with Crippen molar-refractivity contribution >= 4 is 23.2 Å². The number of amides is 2. The van der Waals surface area contributed by atoms with Crippen LogP contribution in [0.1, 0.15) is 35.4 Å². The average molecular weight is 321 g/mol. The first-order valence-electron chi connectivity index (χ1n) is 8.01. The molecule has 3 rings (SSSR count). The molecule has 2 amide bonds. The topological polar surface area (TPSA) is 70.2 Å². The first kappa shape index (κ1) is 15.5. The van der Waals surface area contributed by atoms with Gasteiger partial charge in [-0.25, -0.2) is 0 Å². The lowest BCUT2D eigenvalue weighted by atomic mass is 9.92. The van der Waals surface area contributed by atoms with E-state index in [4.69, 9.17) is 0 Å². The number of rotatable bonds is 6. The van der Waals surface area contributed by atoms with Crippen LogP contribution in [0.4, 0.5) is 0 Å². The number of piperidine rings is 1. The quantitative estimate of drug-likeness (QED) is 0.693. The van der Waals surface area contributed by atoms with Gasteiger partial charge < -0.3 is 16.0 Å². The van der Waals surface area contributed by atoms with Crippen LogP contribution in [0.2, 0.25) is 0 Å². The molecule has 1 saturated carbocycles. The van der Waals surface area contributed by atoms with E-state index in [0.29, 0.717) is 18.5 Å². The van der Waals surface area contributed by atoms with Crippen LogP contribution < -0.4 is 16.0 Å². The van der Waals surface area contributed by atoms with Gasteiger partial charge in [-0.2, -0.15) is 0 Å². The molecular formula is C16H23N3O2S. The van der Waals surface area contributed by atoms with Crippen molar-refractivity contribution in [3.63, 3.8) is 0 Å². The molecule has 2 heterocycles. The van der Waals surface area contributed by atoms with Crippen molar-refractivity contribution in [2.75, 3.05) is 26.2 Å². The summed E-state index contributed by atoms with van der Waals surface area (Å²) in [6.45, 7) is 3.31. The summed E-state index contributed by atoms with van der Waals surface area (Å²) in [6, 6.07) is 3.68. The lowest BCUT2D eigenvalue weighted by Gasteiger charge is -2.23. The molecule has 1 spiro atoms. The Labute approximate surface area is 134 Å². The number of carbonyl (C=O) groups is 2. The molecule has 5 nitrogen and oxygen atoms in total. The number of nitrogens with one attached hydrogen (secondary N) is 3. The van der Waals surface area contributed by atoms with Crippen LogP contribution in [0.3, 0.4) is 0 Å². The fourth-order valence-electron chi connectivity index (χ4n) is 3.32. The summed E-state index contributed by atoms with van der Waals surface area (Å²) >= 11 is 1.44. The number of thiophene rings is 1. The Morgan fingerprint density at radius 1 is 1.27 bits per heavy atom. The van der Waals surface area contributed by atoms with Gasteiger partial charge in [-0.3, -0.25) is 9.59 Å². The van der Waals surface area contributed by atoms with Crippen LogP contribution in [0, 0.1) is 11.3 Å². The molecule has 3 N–H and O–H groups in total. The molecule has 2 fully saturated rings. The van der Waals surface area contributed by atoms with E-state index >= 15 is 0 Å². The molecule has 0 aromatic carbocycles. The van der Waals surface area contributed by atoms with Crippen molar-refractivity contribution in [1.29, 1.82) is 0 Å². The van der Waals surface area contributed by atoms with Crippen LogP contribution in [0.5, 0.6) is 0 Å². The molecule has 0 bridgehead atoms. The van der Waals surface area contributed by atoms with Crippen molar-refractivity contribution in [2.45, 2.75) is 25.7 Å². The van der Waals surface area contributed by atoms with Gasteiger partial charge in [0.1, 0.15) is 0 Å². The Hall–Kier alpha value is -1.40. The fraction of sp³-hybridized carbons (Fsp3) is 0.625. The molecule has 6 heteroatoms. The predicted molar refractivity (Wildman–Crippen MR) is 86.9 cm³/mol. The molecule has 1 atom stereocenters. The zero-order chi connectivity index (χ0) is 15.4. The predicted octanol–water partition coefficient (Wildman–Crippen LogP) is 1.37. The van der Waals surface area contributed by atoms with E-state index in [1.165, 1.54) is 11.3 Å². The maximum Gasteiger partial charge on any atom is 0.261 e. The molecule has 1 aromatic heterocycles. The summed E-state index contributed by atoms with van der Waals surface area (Å²) in [5, 5.41) is 11.1. The molecule has 1 unspecified atom stereocenters. The van der Waals surface area contributed by atoms with Crippen LogP contribution in [-0.2, 0) is 4.79 Å². The molecule has 22 heavy (non-hydrogen) atoms. The second kappa shape index (κ2) is 6.79. The minimum atomic E-state index is -0.0304. The van der Waals surface area contributed by atoms with Gasteiger partial charge >= 0.3 is 0 Å². The summed E-state index contributed by atoms with van der Waals surface area (Å²) in [6.07, 6.45) is 4.07. The highest BCUT2D eigenvalue weighted by molar-refractivity contribution is 7.12. The first-order chi connectivity index (χ1) is 10.7. The van der Waals surface area contributed by atoms with Crippen molar-refractivity contribution in [3.8, 4) is 0 Å². The fourth-order valence-corrected chi connectivity index (χ4v) is 3.96. The van der Waals surface area contributed by atoms with Gasteiger partial charge in [-0.05, 0) is 55.6 Å². The maximum atomic E-state index is 12.1. The molecule has 120 valence electrons. The highest BCUT2D eigenvalue weighted by Gasteiger charge is 2.57. The van der Waals surface area contributed by atoms with Gasteiger partial charge in [0.25, 0.3) is 5.91 Å². The Kier molecular flexibility index (Phi) is 4.78. The van der Waals surface area contributed by atoms with Gasteiger partial charge in [-0.15, -0.1) is 11.3 Å². The Balaban J connectivity index is 1.29. The molecule has 1 saturated heterocycles. The number of carbonyl (C=O) groups excluding carboxylic acids is 2. The van der Waals surface area contributed by atoms with Gasteiger partial charge in [0.05, 0.1) is 4.88 Å². The van der Waals surface area contributed by atoms with Crippen LogP contribution in [0.15, 0.2) is 17.5 Å². The van der Waals surface area contributed by atoms with Gasteiger partial charge in [-0.1, -0.05) is 6.07 Å². The van der Waals surface area contributed by atoms with Crippen molar-refractivity contribution in [1.82, 2.24) is 16.0 Å². The van der Waals surface area contributed by atoms with E-state index in [1.807, 2.05) is 17.5 Å². The minimum Gasteiger partial charge on any atom is -0.356 e. The van der Waals surface area contributed by atoms with Crippen molar-refractivity contribution in [3.05, 3.63) is 22.4 Å². The molecular weight excluding hydrogens is 298 g/mol. The summed E-state index contributed by atoms with van der Waals surface area (Å²) < 4.78 is 0. The maximum absolute atomic E-state index is 12.1. The van der Waals surface area contributed by atoms with E-state index in [1.54, 1.807) is 0 Å². The Morgan fingerprint density at radius 2 is 2.05 bits per heavy atom. The minimum absolute atomic E-state index is 0.0304. The van der Waals surface area contributed by atoms with Gasteiger partial charge in [0, 0.05) is 19.0 Å². The third-order valence-electron chi connectivity index (χ3n) is 4.79. The number of hydrogen-bond acceptors (Lipinski definition) is 4. The summed E-state index contributed by atoms with van der Waals surface area (Å²) in [4.78, 5) is 24.6. The molecule has 2 aliphatic rings. The standard InChI is InChI=1S/C16H23N3O2S/c20-14(12-11-16(12)4-8-17-9-5-16)18-6-2-7-19-15(21)13-3-1-10-22-13/h1,3,10,12,17H,2,4-9,11H2,(H,18,20)(H,19,21). The van der Waals surface area contributed by atoms with Crippen LogP contribution in [-0.4, -0.2) is 38.0 Å². The van der Waals surface area contributed by atoms with E-state index in [2.05, 4.69) is 16.0 Å². The third kappa shape index (κ3) is 3.50. The lowest BCUT2D eigenvalue weighted by molar-refractivity contribution is -0.123.